The second-order valence-electron chi connectivity index (χ2n) is 4.31. The summed E-state index contributed by atoms with van der Waals surface area (Å²) in [5, 5.41) is 30.7. The molecule has 2 rings (SSSR count). The van der Waals surface area contributed by atoms with Crippen LogP contribution in [0.25, 0.3) is 0 Å². The fourth-order valence-electron chi connectivity index (χ4n) is 1.94. The molecule has 2 aromatic rings. The van der Waals surface area contributed by atoms with Crippen LogP contribution in [0.3, 0.4) is 0 Å². The Hall–Kier alpha value is -2.95. The lowest BCUT2D eigenvalue weighted by Gasteiger charge is -2.08. The minimum atomic E-state index is -0.520. The number of nitriles is 1. The molecule has 0 fully saturated rings. The second-order valence-corrected chi connectivity index (χ2v) is 4.31. The van der Waals surface area contributed by atoms with Gasteiger partial charge in [-0.25, -0.2) is 0 Å². The van der Waals surface area contributed by atoms with Crippen LogP contribution in [-0.2, 0) is 13.0 Å². The Kier molecular flexibility index (Phi) is 4.46. The summed E-state index contributed by atoms with van der Waals surface area (Å²) in [6.07, 6.45) is 2.32. The largest absolute Gasteiger partial charge is 0.384 e. The number of rotatable bonds is 6. The summed E-state index contributed by atoms with van der Waals surface area (Å²) in [5.41, 5.74) is 0.731. The van der Waals surface area contributed by atoms with E-state index in [1.54, 1.807) is 12.4 Å². The van der Waals surface area contributed by atoms with Crippen LogP contribution in [0.5, 0.6) is 0 Å². The van der Waals surface area contributed by atoms with Gasteiger partial charge in [-0.05, 0) is 13.0 Å². The topological polar surface area (TPSA) is 110 Å². The van der Waals surface area contributed by atoms with Crippen molar-refractivity contribution in [3.8, 4) is 6.07 Å². The molecule has 8 heteroatoms. The van der Waals surface area contributed by atoms with Gasteiger partial charge in [0.1, 0.15) is 18.2 Å². The molecule has 0 aliphatic heterocycles. The number of anilines is 1. The second kappa shape index (κ2) is 6.47. The summed E-state index contributed by atoms with van der Waals surface area (Å²) in [6, 6.07) is 6.13. The quantitative estimate of drug-likeness (QED) is 0.639. The standard InChI is InChI=1S/C13H14N6O2/c1-2-18-9-16-17-13(18)5-6-15-12-4-3-11(19(20)21)7-10(12)8-14/h3-4,7,9,15H,2,5-6H2,1H3. The molecule has 1 aromatic carbocycles. The highest BCUT2D eigenvalue weighted by Crippen LogP contribution is 2.21. The third-order valence-electron chi connectivity index (χ3n) is 3.03. The fourth-order valence-corrected chi connectivity index (χ4v) is 1.94. The van der Waals surface area contributed by atoms with Gasteiger partial charge < -0.3 is 9.88 Å². The summed E-state index contributed by atoms with van der Waals surface area (Å²) in [7, 11) is 0. The van der Waals surface area contributed by atoms with Crippen LogP contribution >= 0.6 is 0 Å². The van der Waals surface area contributed by atoms with E-state index < -0.39 is 4.92 Å². The molecule has 0 atom stereocenters. The maximum Gasteiger partial charge on any atom is 0.270 e. The van der Waals surface area contributed by atoms with Gasteiger partial charge >= 0.3 is 0 Å². The molecule has 1 heterocycles. The van der Waals surface area contributed by atoms with Gasteiger partial charge in [0.05, 0.1) is 16.2 Å². The molecular weight excluding hydrogens is 272 g/mol. The van der Waals surface area contributed by atoms with Gasteiger partial charge in [-0.15, -0.1) is 10.2 Å². The number of non-ortho nitro benzene ring substituents is 1. The lowest BCUT2D eigenvalue weighted by atomic mass is 10.1. The Morgan fingerprint density at radius 2 is 2.33 bits per heavy atom. The van der Waals surface area contributed by atoms with Gasteiger partial charge in [-0.3, -0.25) is 10.1 Å². The summed E-state index contributed by atoms with van der Waals surface area (Å²) in [4.78, 5) is 10.2. The molecule has 0 saturated carbocycles. The van der Waals surface area contributed by atoms with Crippen molar-refractivity contribution in [2.75, 3.05) is 11.9 Å². The molecule has 1 N–H and O–H groups in total. The summed E-state index contributed by atoms with van der Waals surface area (Å²) in [6.45, 7) is 3.36. The third-order valence-corrected chi connectivity index (χ3v) is 3.03. The molecule has 0 radical (unpaired) electrons. The maximum absolute atomic E-state index is 10.7. The molecule has 0 spiro atoms. The summed E-state index contributed by atoms with van der Waals surface area (Å²) >= 11 is 0. The van der Waals surface area contributed by atoms with E-state index in [0.29, 0.717) is 18.7 Å². The van der Waals surface area contributed by atoms with E-state index in [4.69, 9.17) is 5.26 Å². The van der Waals surface area contributed by atoms with Crippen LogP contribution in [0.15, 0.2) is 24.5 Å². The van der Waals surface area contributed by atoms with Crippen LogP contribution in [0.1, 0.15) is 18.3 Å². The predicted octanol–water partition coefficient (Wildman–Crippen LogP) is 1.73. The lowest BCUT2D eigenvalue weighted by molar-refractivity contribution is -0.384. The van der Waals surface area contributed by atoms with E-state index in [2.05, 4.69) is 15.5 Å². The molecule has 21 heavy (non-hydrogen) atoms. The molecule has 0 amide bonds. The van der Waals surface area contributed by atoms with Crippen molar-refractivity contribution in [3.63, 3.8) is 0 Å². The van der Waals surface area contributed by atoms with Crippen molar-refractivity contribution in [1.29, 1.82) is 5.26 Å². The smallest absolute Gasteiger partial charge is 0.270 e. The third kappa shape index (κ3) is 3.33. The van der Waals surface area contributed by atoms with Crippen LogP contribution in [-0.4, -0.2) is 26.2 Å². The van der Waals surface area contributed by atoms with Gasteiger partial charge in [0, 0.05) is 31.6 Å². The van der Waals surface area contributed by atoms with E-state index in [0.717, 1.165) is 12.4 Å². The Balaban J connectivity index is 2.03. The van der Waals surface area contributed by atoms with Gasteiger partial charge in [0.2, 0.25) is 0 Å². The highest BCUT2D eigenvalue weighted by Gasteiger charge is 2.10. The number of aryl methyl sites for hydroxylation is 1. The molecule has 8 nitrogen and oxygen atoms in total. The monoisotopic (exact) mass is 286 g/mol. The molecule has 0 bridgehead atoms. The molecule has 108 valence electrons. The van der Waals surface area contributed by atoms with Crippen LogP contribution in [0, 0.1) is 21.4 Å². The first kappa shape index (κ1) is 14.5. The minimum Gasteiger partial charge on any atom is -0.384 e. The highest BCUT2D eigenvalue weighted by molar-refractivity contribution is 5.61. The van der Waals surface area contributed by atoms with E-state index >= 15 is 0 Å². The number of nitrogens with zero attached hydrogens (tertiary/aromatic N) is 5. The molecular formula is C13H14N6O2. The summed E-state index contributed by atoms with van der Waals surface area (Å²) in [5.74, 6) is 0.852. The zero-order chi connectivity index (χ0) is 15.2. The first-order chi connectivity index (χ1) is 10.2. The normalized spacial score (nSPS) is 10.1. The van der Waals surface area contributed by atoms with Gasteiger partial charge in [0.25, 0.3) is 5.69 Å². The summed E-state index contributed by atoms with van der Waals surface area (Å²) < 4.78 is 1.93. The van der Waals surface area contributed by atoms with E-state index in [9.17, 15) is 10.1 Å². The average Bonchev–Trinajstić information content (AvgIpc) is 2.94. The molecule has 0 saturated heterocycles. The Morgan fingerprint density at radius 3 is 3.00 bits per heavy atom. The molecule has 0 aliphatic rings. The van der Waals surface area contributed by atoms with Gasteiger partial charge in [-0.1, -0.05) is 0 Å². The lowest BCUT2D eigenvalue weighted by Crippen LogP contribution is -2.10. The Morgan fingerprint density at radius 1 is 1.52 bits per heavy atom. The first-order valence-corrected chi connectivity index (χ1v) is 6.44. The number of hydrogen-bond donors (Lipinski definition) is 1. The SMILES string of the molecule is CCn1cnnc1CCNc1ccc([N+](=O)[O-])cc1C#N. The molecule has 0 aliphatic carbocycles. The van der Waals surface area contributed by atoms with Crippen molar-refractivity contribution < 1.29 is 4.92 Å². The number of benzene rings is 1. The minimum absolute atomic E-state index is 0.0946. The van der Waals surface area contributed by atoms with Crippen molar-refractivity contribution in [2.45, 2.75) is 19.9 Å². The number of nitrogens with one attached hydrogen (secondary N) is 1. The zero-order valence-electron chi connectivity index (χ0n) is 11.5. The molecule has 0 unspecified atom stereocenters. The average molecular weight is 286 g/mol. The first-order valence-electron chi connectivity index (χ1n) is 6.44. The van der Waals surface area contributed by atoms with E-state index in [-0.39, 0.29) is 11.3 Å². The van der Waals surface area contributed by atoms with Crippen LogP contribution < -0.4 is 5.32 Å². The maximum atomic E-state index is 10.7. The van der Waals surface area contributed by atoms with Crippen LogP contribution in [0.4, 0.5) is 11.4 Å². The van der Waals surface area contributed by atoms with Gasteiger partial charge in [0.15, 0.2) is 0 Å². The number of hydrogen-bond acceptors (Lipinski definition) is 6. The number of nitro groups is 1. The number of aromatic nitrogens is 3. The van der Waals surface area contributed by atoms with Crippen molar-refractivity contribution in [2.24, 2.45) is 0 Å². The van der Waals surface area contributed by atoms with E-state index in [1.807, 2.05) is 17.6 Å². The van der Waals surface area contributed by atoms with Gasteiger partial charge in [-0.2, -0.15) is 5.26 Å². The molecule has 1 aromatic heterocycles. The number of nitro benzene ring substituents is 1. The van der Waals surface area contributed by atoms with E-state index in [1.165, 1.54) is 12.1 Å². The van der Waals surface area contributed by atoms with Crippen molar-refractivity contribution in [3.05, 3.63) is 46.0 Å². The highest BCUT2D eigenvalue weighted by atomic mass is 16.6. The van der Waals surface area contributed by atoms with Crippen molar-refractivity contribution >= 4 is 11.4 Å². The van der Waals surface area contributed by atoms with Crippen molar-refractivity contribution in [1.82, 2.24) is 14.8 Å². The predicted molar refractivity (Wildman–Crippen MR) is 75.7 cm³/mol. The van der Waals surface area contributed by atoms with Crippen LogP contribution in [0.2, 0.25) is 0 Å². The fraction of sp³-hybridized carbons (Fsp3) is 0.308. The zero-order valence-corrected chi connectivity index (χ0v) is 11.5. The Labute approximate surface area is 121 Å². The Bertz CT molecular complexity index is 688.